The molecule has 3 nitrogen and oxygen atoms in total. The number of nitrogens with zero attached hydrogens (tertiary/aromatic N) is 2. The molecule has 2 aromatic heterocycles. The molecule has 0 radical (unpaired) electrons. The first-order chi connectivity index (χ1) is 11.9. The normalized spacial score (nSPS) is 13.4. The van der Waals surface area contributed by atoms with Gasteiger partial charge >= 0.3 is 0 Å². The second-order valence-electron chi connectivity index (χ2n) is 6.27. The molecule has 25 heavy (non-hydrogen) atoms. The number of nitrogens with one attached hydrogen (secondary N) is 1. The summed E-state index contributed by atoms with van der Waals surface area (Å²) in [5.41, 5.74) is 2.56. The zero-order chi connectivity index (χ0) is 15.9. The zero-order valence-electron chi connectivity index (χ0n) is 13.7. The third-order valence-electron chi connectivity index (χ3n) is 4.79. The van der Waals surface area contributed by atoms with Gasteiger partial charge in [0, 0.05) is 16.0 Å². The van der Waals surface area contributed by atoms with Crippen LogP contribution in [0.5, 0.6) is 0 Å². The van der Waals surface area contributed by atoms with E-state index in [0.717, 1.165) is 22.8 Å². The van der Waals surface area contributed by atoms with Crippen molar-refractivity contribution >= 4 is 56.2 Å². The van der Waals surface area contributed by atoms with E-state index in [1.165, 1.54) is 45.9 Å². The summed E-state index contributed by atoms with van der Waals surface area (Å²) in [4.78, 5) is 11.7. The standard InChI is InChI=1S/C20H17N3S.ClH/c1-2-8-14-13(6-1)7-5-10-16(14)23-19-18-15-9-3-4-11-17(15)24-20(18)22-12-21-19;/h1-2,5-8,10,12H,3-4,9,11H2,(H,21,22,23);1H. The number of aromatic nitrogens is 2. The average Bonchev–Trinajstić information content (AvgIpc) is 3.02. The van der Waals surface area contributed by atoms with E-state index in [1.807, 2.05) is 11.3 Å². The summed E-state index contributed by atoms with van der Waals surface area (Å²) in [6, 6.07) is 14.8. The minimum absolute atomic E-state index is 0. The van der Waals surface area contributed by atoms with Gasteiger partial charge in [-0.25, -0.2) is 9.97 Å². The molecule has 0 unspecified atom stereocenters. The molecule has 1 N–H and O–H groups in total. The number of anilines is 2. The molecule has 1 aliphatic rings. The molecular formula is C20H18ClN3S. The van der Waals surface area contributed by atoms with Gasteiger partial charge in [-0.1, -0.05) is 36.4 Å². The second kappa shape index (κ2) is 6.62. The number of thiophene rings is 1. The van der Waals surface area contributed by atoms with Crippen LogP contribution in [0.4, 0.5) is 11.5 Å². The Morgan fingerprint density at radius 3 is 2.72 bits per heavy atom. The average molecular weight is 368 g/mol. The Morgan fingerprint density at radius 1 is 0.920 bits per heavy atom. The van der Waals surface area contributed by atoms with Crippen LogP contribution in [0.25, 0.3) is 21.0 Å². The number of hydrogen-bond donors (Lipinski definition) is 1. The number of rotatable bonds is 2. The van der Waals surface area contributed by atoms with Gasteiger partial charge < -0.3 is 5.32 Å². The van der Waals surface area contributed by atoms with Crippen molar-refractivity contribution in [2.75, 3.05) is 5.32 Å². The largest absolute Gasteiger partial charge is 0.339 e. The maximum atomic E-state index is 4.57. The highest BCUT2D eigenvalue weighted by molar-refractivity contribution is 7.19. The molecule has 4 aromatic rings. The van der Waals surface area contributed by atoms with E-state index >= 15 is 0 Å². The van der Waals surface area contributed by atoms with Crippen LogP contribution in [-0.4, -0.2) is 9.97 Å². The van der Waals surface area contributed by atoms with E-state index in [9.17, 15) is 0 Å². The number of fused-ring (bicyclic) bond motifs is 4. The SMILES string of the molecule is Cl.c1ccc2c(Nc3ncnc4sc5c(c34)CCCC5)cccc2c1. The second-order valence-corrected chi connectivity index (χ2v) is 7.35. The van der Waals surface area contributed by atoms with E-state index < -0.39 is 0 Å². The highest BCUT2D eigenvalue weighted by Crippen LogP contribution is 2.39. The predicted molar refractivity (Wildman–Crippen MR) is 109 cm³/mol. The fourth-order valence-corrected chi connectivity index (χ4v) is 4.88. The summed E-state index contributed by atoms with van der Waals surface area (Å²) in [5.74, 6) is 0.941. The van der Waals surface area contributed by atoms with Crippen LogP contribution in [0.15, 0.2) is 48.8 Å². The Hall–Kier alpha value is -2.17. The summed E-state index contributed by atoms with van der Waals surface area (Å²) in [5, 5.41) is 7.26. The maximum absolute atomic E-state index is 4.57. The topological polar surface area (TPSA) is 37.8 Å². The first-order valence-electron chi connectivity index (χ1n) is 8.40. The lowest BCUT2D eigenvalue weighted by Gasteiger charge is -2.13. The predicted octanol–water partition coefficient (Wildman–Crippen LogP) is 5.89. The minimum atomic E-state index is 0. The molecule has 0 bridgehead atoms. The summed E-state index contributed by atoms with van der Waals surface area (Å²) in [6.45, 7) is 0. The first kappa shape index (κ1) is 16.3. The van der Waals surface area contributed by atoms with E-state index in [-0.39, 0.29) is 12.4 Å². The van der Waals surface area contributed by atoms with Crippen molar-refractivity contribution in [3.63, 3.8) is 0 Å². The zero-order valence-corrected chi connectivity index (χ0v) is 15.3. The third kappa shape index (κ3) is 2.75. The maximum Gasteiger partial charge on any atom is 0.142 e. The lowest BCUT2D eigenvalue weighted by molar-refractivity contribution is 0.700. The number of hydrogen-bond acceptors (Lipinski definition) is 4. The van der Waals surface area contributed by atoms with E-state index in [0.29, 0.717) is 0 Å². The van der Waals surface area contributed by atoms with Gasteiger partial charge in [-0.3, -0.25) is 0 Å². The van der Waals surface area contributed by atoms with E-state index in [2.05, 4.69) is 57.7 Å². The van der Waals surface area contributed by atoms with Crippen molar-refractivity contribution in [2.45, 2.75) is 25.7 Å². The van der Waals surface area contributed by atoms with Crippen LogP contribution in [-0.2, 0) is 12.8 Å². The number of benzene rings is 2. The van der Waals surface area contributed by atoms with Gasteiger partial charge in [0.15, 0.2) is 0 Å². The third-order valence-corrected chi connectivity index (χ3v) is 5.99. The van der Waals surface area contributed by atoms with Gasteiger partial charge in [0.25, 0.3) is 0 Å². The first-order valence-corrected chi connectivity index (χ1v) is 9.22. The fraction of sp³-hybridized carbons (Fsp3) is 0.200. The van der Waals surface area contributed by atoms with Crippen molar-refractivity contribution in [1.82, 2.24) is 9.97 Å². The minimum Gasteiger partial charge on any atom is -0.339 e. The summed E-state index contributed by atoms with van der Waals surface area (Å²) >= 11 is 1.84. The number of aryl methyl sites for hydroxylation is 2. The molecule has 2 aromatic carbocycles. The number of halogens is 1. The van der Waals surface area contributed by atoms with Crippen LogP contribution in [0.2, 0.25) is 0 Å². The molecule has 1 aliphatic carbocycles. The summed E-state index contributed by atoms with van der Waals surface area (Å²) in [6.07, 6.45) is 6.56. The Bertz CT molecular complexity index is 1050. The van der Waals surface area contributed by atoms with Gasteiger partial charge in [0.2, 0.25) is 0 Å². The highest BCUT2D eigenvalue weighted by atomic mass is 35.5. The molecular weight excluding hydrogens is 350 g/mol. The van der Waals surface area contributed by atoms with Crippen LogP contribution in [0, 0.1) is 0 Å². The molecule has 5 heteroatoms. The Balaban J connectivity index is 0.00000157. The molecule has 0 saturated carbocycles. The Kier molecular flexibility index (Phi) is 4.32. The van der Waals surface area contributed by atoms with E-state index in [4.69, 9.17) is 0 Å². The molecule has 0 atom stereocenters. The molecule has 2 heterocycles. The molecule has 0 saturated heterocycles. The monoisotopic (exact) mass is 367 g/mol. The molecule has 0 aliphatic heterocycles. The van der Waals surface area contributed by atoms with Crippen LogP contribution in [0.1, 0.15) is 23.3 Å². The summed E-state index contributed by atoms with van der Waals surface area (Å²) < 4.78 is 0. The van der Waals surface area contributed by atoms with Crippen molar-refractivity contribution in [3.8, 4) is 0 Å². The van der Waals surface area contributed by atoms with Gasteiger partial charge in [-0.2, -0.15) is 0 Å². The molecule has 0 fully saturated rings. The molecule has 0 amide bonds. The Labute approximate surface area is 156 Å². The smallest absolute Gasteiger partial charge is 0.142 e. The lowest BCUT2D eigenvalue weighted by atomic mass is 9.97. The van der Waals surface area contributed by atoms with Gasteiger partial charge in [0.1, 0.15) is 17.0 Å². The quantitative estimate of drug-likeness (QED) is 0.480. The summed E-state index contributed by atoms with van der Waals surface area (Å²) in [7, 11) is 0. The van der Waals surface area contributed by atoms with Crippen molar-refractivity contribution < 1.29 is 0 Å². The molecule has 0 spiro atoms. The lowest BCUT2D eigenvalue weighted by Crippen LogP contribution is -2.01. The van der Waals surface area contributed by atoms with Crippen molar-refractivity contribution in [1.29, 1.82) is 0 Å². The van der Waals surface area contributed by atoms with Crippen LogP contribution >= 0.6 is 23.7 Å². The van der Waals surface area contributed by atoms with Crippen molar-refractivity contribution in [2.24, 2.45) is 0 Å². The van der Waals surface area contributed by atoms with Gasteiger partial charge in [0.05, 0.1) is 5.39 Å². The fourth-order valence-electron chi connectivity index (χ4n) is 3.65. The molecule has 5 rings (SSSR count). The van der Waals surface area contributed by atoms with Crippen molar-refractivity contribution in [3.05, 3.63) is 59.2 Å². The highest BCUT2D eigenvalue weighted by Gasteiger charge is 2.20. The molecule has 126 valence electrons. The van der Waals surface area contributed by atoms with Crippen LogP contribution < -0.4 is 5.32 Å². The Morgan fingerprint density at radius 2 is 1.76 bits per heavy atom. The van der Waals surface area contributed by atoms with Gasteiger partial charge in [-0.05, 0) is 42.7 Å². The van der Waals surface area contributed by atoms with E-state index in [1.54, 1.807) is 6.33 Å². The van der Waals surface area contributed by atoms with Gasteiger partial charge in [-0.15, -0.1) is 23.7 Å². The van der Waals surface area contributed by atoms with Crippen LogP contribution in [0.3, 0.4) is 0 Å².